The van der Waals surface area contributed by atoms with Gasteiger partial charge in [-0.05, 0) is 52.6 Å². The smallest absolute Gasteiger partial charge is 0.337 e. The molecule has 0 saturated carbocycles. The molecule has 0 spiro atoms. The molecular formula is C22H19ClO3. The lowest BCUT2D eigenvalue weighted by Gasteiger charge is -2.11. The second kappa shape index (κ2) is 8.54. The molecule has 0 amide bonds. The standard InChI is InChI=1S/C22H19ClO3/c1-25-22(24)19-9-7-18(8-10-19)20-11-17(14-23)12-21(13-20)26-15-16-5-3-2-4-6-16/h2-13H,14-15H2,1H3. The quantitative estimate of drug-likeness (QED) is 0.429. The Morgan fingerprint density at radius 1 is 0.885 bits per heavy atom. The molecule has 0 fully saturated rings. The number of ether oxygens (including phenoxy) is 2. The SMILES string of the molecule is COC(=O)c1ccc(-c2cc(CCl)cc(OCc3ccccc3)c2)cc1. The van der Waals surface area contributed by atoms with Gasteiger partial charge in [0.25, 0.3) is 0 Å². The number of methoxy groups -OCH3 is 1. The summed E-state index contributed by atoms with van der Waals surface area (Å²) in [5.74, 6) is 0.812. The normalized spacial score (nSPS) is 10.4. The fourth-order valence-corrected chi connectivity index (χ4v) is 2.80. The highest BCUT2D eigenvalue weighted by Crippen LogP contribution is 2.28. The van der Waals surface area contributed by atoms with Gasteiger partial charge < -0.3 is 9.47 Å². The van der Waals surface area contributed by atoms with Gasteiger partial charge in [0.2, 0.25) is 0 Å². The molecule has 0 aliphatic carbocycles. The second-order valence-electron chi connectivity index (χ2n) is 5.84. The molecule has 26 heavy (non-hydrogen) atoms. The molecule has 3 rings (SSSR count). The van der Waals surface area contributed by atoms with E-state index in [9.17, 15) is 4.79 Å². The molecule has 0 saturated heterocycles. The van der Waals surface area contributed by atoms with Gasteiger partial charge >= 0.3 is 5.97 Å². The van der Waals surface area contributed by atoms with Crippen LogP contribution in [0.3, 0.4) is 0 Å². The highest BCUT2D eigenvalue weighted by molar-refractivity contribution is 6.17. The fraction of sp³-hybridized carbons (Fsp3) is 0.136. The minimum Gasteiger partial charge on any atom is -0.489 e. The van der Waals surface area contributed by atoms with Gasteiger partial charge in [-0.15, -0.1) is 11.6 Å². The summed E-state index contributed by atoms with van der Waals surface area (Å²) in [6.07, 6.45) is 0. The molecule has 0 aliphatic heterocycles. The van der Waals surface area contributed by atoms with Crippen molar-refractivity contribution in [1.29, 1.82) is 0 Å². The van der Waals surface area contributed by atoms with Crippen LogP contribution in [0.25, 0.3) is 11.1 Å². The lowest BCUT2D eigenvalue weighted by atomic mass is 10.0. The van der Waals surface area contributed by atoms with E-state index in [1.54, 1.807) is 12.1 Å². The van der Waals surface area contributed by atoms with E-state index in [0.717, 1.165) is 28.0 Å². The van der Waals surface area contributed by atoms with Gasteiger partial charge in [-0.2, -0.15) is 0 Å². The third-order valence-corrected chi connectivity index (χ3v) is 4.32. The first-order valence-corrected chi connectivity index (χ1v) is 8.78. The molecule has 0 radical (unpaired) electrons. The highest BCUT2D eigenvalue weighted by Gasteiger charge is 2.08. The molecule has 0 unspecified atom stereocenters. The Kier molecular flexibility index (Phi) is 5.92. The largest absolute Gasteiger partial charge is 0.489 e. The number of benzene rings is 3. The van der Waals surface area contributed by atoms with Crippen LogP contribution in [0.4, 0.5) is 0 Å². The van der Waals surface area contributed by atoms with Crippen molar-refractivity contribution in [1.82, 2.24) is 0 Å². The minimum atomic E-state index is -0.349. The van der Waals surface area contributed by atoms with Gasteiger partial charge in [-0.25, -0.2) is 4.79 Å². The summed E-state index contributed by atoms with van der Waals surface area (Å²) in [5, 5.41) is 0. The molecule has 0 aromatic heterocycles. The Balaban J connectivity index is 1.84. The van der Waals surface area contributed by atoms with Crippen LogP contribution in [0.5, 0.6) is 5.75 Å². The third-order valence-electron chi connectivity index (χ3n) is 4.01. The minimum absolute atomic E-state index is 0.349. The maximum Gasteiger partial charge on any atom is 0.337 e. The van der Waals surface area contributed by atoms with Crippen LogP contribution in [0.15, 0.2) is 72.8 Å². The Labute approximate surface area is 158 Å². The van der Waals surface area contributed by atoms with E-state index in [-0.39, 0.29) is 5.97 Å². The van der Waals surface area contributed by atoms with Gasteiger partial charge in [-0.1, -0.05) is 42.5 Å². The van der Waals surface area contributed by atoms with Crippen molar-refractivity contribution >= 4 is 17.6 Å². The predicted molar refractivity (Wildman–Crippen MR) is 104 cm³/mol. The Bertz CT molecular complexity index is 874. The summed E-state index contributed by atoms with van der Waals surface area (Å²) in [6.45, 7) is 0.493. The van der Waals surface area contributed by atoms with E-state index in [4.69, 9.17) is 21.1 Å². The molecular weight excluding hydrogens is 348 g/mol. The van der Waals surface area contributed by atoms with Crippen molar-refractivity contribution in [2.75, 3.05) is 7.11 Å². The summed E-state index contributed by atoms with van der Waals surface area (Å²) < 4.78 is 10.7. The van der Waals surface area contributed by atoms with E-state index in [1.807, 2.05) is 60.7 Å². The van der Waals surface area contributed by atoms with Gasteiger partial charge in [0, 0.05) is 5.88 Å². The molecule has 0 atom stereocenters. The van der Waals surface area contributed by atoms with Crippen molar-refractivity contribution in [2.24, 2.45) is 0 Å². The van der Waals surface area contributed by atoms with E-state index in [0.29, 0.717) is 18.1 Å². The summed E-state index contributed by atoms with van der Waals surface area (Å²) in [5.41, 5.74) is 4.57. The van der Waals surface area contributed by atoms with Crippen molar-refractivity contribution in [3.05, 3.63) is 89.5 Å². The average molecular weight is 367 g/mol. The van der Waals surface area contributed by atoms with Crippen LogP contribution in [0.1, 0.15) is 21.5 Å². The topological polar surface area (TPSA) is 35.5 Å². The van der Waals surface area contributed by atoms with Gasteiger partial charge in [0.15, 0.2) is 0 Å². The van der Waals surface area contributed by atoms with E-state index in [1.165, 1.54) is 7.11 Å². The van der Waals surface area contributed by atoms with Crippen molar-refractivity contribution in [2.45, 2.75) is 12.5 Å². The van der Waals surface area contributed by atoms with Crippen molar-refractivity contribution in [3.63, 3.8) is 0 Å². The molecule has 132 valence electrons. The highest BCUT2D eigenvalue weighted by atomic mass is 35.5. The van der Waals surface area contributed by atoms with Gasteiger partial charge in [0.05, 0.1) is 12.7 Å². The van der Waals surface area contributed by atoms with Crippen molar-refractivity contribution in [3.8, 4) is 16.9 Å². The number of rotatable bonds is 6. The van der Waals surface area contributed by atoms with Crippen LogP contribution in [0.2, 0.25) is 0 Å². The first kappa shape index (κ1) is 18.0. The first-order valence-electron chi connectivity index (χ1n) is 8.25. The molecule has 4 heteroatoms. The van der Waals surface area contributed by atoms with Crippen LogP contribution in [-0.2, 0) is 17.2 Å². The maximum absolute atomic E-state index is 11.6. The van der Waals surface area contributed by atoms with Crippen LogP contribution in [-0.4, -0.2) is 13.1 Å². The molecule has 3 aromatic carbocycles. The number of hydrogen-bond acceptors (Lipinski definition) is 3. The molecule has 0 N–H and O–H groups in total. The van der Waals surface area contributed by atoms with Crippen molar-refractivity contribution < 1.29 is 14.3 Å². The number of alkyl halides is 1. The van der Waals surface area contributed by atoms with Crippen LogP contribution in [0, 0.1) is 0 Å². The summed E-state index contributed by atoms with van der Waals surface area (Å²) in [6, 6.07) is 23.2. The number of carbonyl (C=O) groups is 1. The van der Waals surface area contributed by atoms with Gasteiger partial charge in [-0.3, -0.25) is 0 Å². The molecule has 0 aliphatic rings. The van der Waals surface area contributed by atoms with E-state index in [2.05, 4.69) is 0 Å². The Morgan fingerprint density at radius 3 is 2.27 bits per heavy atom. The zero-order valence-corrected chi connectivity index (χ0v) is 15.2. The third kappa shape index (κ3) is 4.44. The summed E-state index contributed by atoms with van der Waals surface area (Å²) in [4.78, 5) is 11.6. The Morgan fingerprint density at radius 2 is 1.62 bits per heavy atom. The van der Waals surface area contributed by atoms with E-state index < -0.39 is 0 Å². The van der Waals surface area contributed by atoms with Gasteiger partial charge in [0.1, 0.15) is 12.4 Å². The fourth-order valence-electron chi connectivity index (χ4n) is 2.65. The maximum atomic E-state index is 11.6. The average Bonchev–Trinajstić information content (AvgIpc) is 2.72. The number of hydrogen-bond donors (Lipinski definition) is 0. The zero-order valence-electron chi connectivity index (χ0n) is 14.4. The zero-order chi connectivity index (χ0) is 18.4. The lowest BCUT2D eigenvalue weighted by Crippen LogP contribution is -2.00. The molecule has 3 nitrogen and oxygen atoms in total. The summed E-state index contributed by atoms with van der Waals surface area (Å²) in [7, 11) is 1.37. The molecule has 3 aromatic rings. The summed E-state index contributed by atoms with van der Waals surface area (Å²) >= 11 is 6.04. The predicted octanol–water partition coefficient (Wildman–Crippen LogP) is 5.46. The number of halogens is 1. The second-order valence-corrected chi connectivity index (χ2v) is 6.11. The molecule has 0 bridgehead atoms. The van der Waals surface area contributed by atoms with Crippen LogP contribution < -0.4 is 4.74 Å². The monoisotopic (exact) mass is 366 g/mol. The lowest BCUT2D eigenvalue weighted by molar-refractivity contribution is 0.0601. The number of carbonyl (C=O) groups excluding carboxylic acids is 1. The molecule has 0 heterocycles. The Hall–Kier alpha value is -2.78. The first-order chi connectivity index (χ1) is 12.7. The van der Waals surface area contributed by atoms with E-state index >= 15 is 0 Å². The van der Waals surface area contributed by atoms with Crippen LogP contribution >= 0.6 is 11.6 Å². The number of esters is 1.